The molecule has 3 rings (SSSR count). The highest BCUT2D eigenvalue weighted by atomic mass is 16.1. The molecule has 3 heteroatoms. The monoisotopic (exact) mass is 264 g/mol. The van der Waals surface area contributed by atoms with E-state index in [4.69, 9.17) is 5.73 Å². The first-order valence-electron chi connectivity index (χ1n) is 8.24. The van der Waals surface area contributed by atoms with Crippen molar-refractivity contribution in [2.24, 2.45) is 29.4 Å². The van der Waals surface area contributed by atoms with Crippen molar-refractivity contribution < 1.29 is 4.79 Å². The van der Waals surface area contributed by atoms with Crippen molar-refractivity contribution in [1.29, 1.82) is 0 Å². The van der Waals surface area contributed by atoms with E-state index < -0.39 is 0 Å². The fourth-order valence-corrected chi connectivity index (χ4v) is 4.62. The summed E-state index contributed by atoms with van der Waals surface area (Å²) in [5.74, 6) is 3.34. The van der Waals surface area contributed by atoms with Gasteiger partial charge in [0.15, 0.2) is 0 Å². The topological polar surface area (TPSA) is 55.1 Å². The van der Waals surface area contributed by atoms with Crippen molar-refractivity contribution in [3.8, 4) is 0 Å². The molecule has 3 fully saturated rings. The zero-order valence-electron chi connectivity index (χ0n) is 11.9. The Labute approximate surface area is 116 Å². The molecule has 3 nitrogen and oxygen atoms in total. The highest BCUT2D eigenvalue weighted by Gasteiger charge is 2.40. The van der Waals surface area contributed by atoms with Crippen LogP contribution < -0.4 is 11.1 Å². The predicted molar refractivity (Wildman–Crippen MR) is 76.5 cm³/mol. The molecule has 3 saturated carbocycles. The molecule has 2 bridgehead atoms. The van der Waals surface area contributed by atoms with Crippen molar-refractivity contribution in [1.82, 2.24) is 5.32 Å². The molecule has 19 heavy (non-hydrogen) atoms. The lowest BCUT2D eigenvalue weighted by atomic mass is 9.80. The van der Waals surface area contributed by atoms with Gasteiger partial charge in [0.1, 0.15) is 0 Å². The predicted octanol–water partition coefficient (Wildman–Crippen LogP) is 2.45. The summed E-state index contributed by atoms with van der Waals surface area (Å²) >= 11 is 0. The molecule has 3 aliphatic carbocycles. The summed E-state index contributed by atoms with van der Waals surface area (Å²) in [6.45, 7) is 0.823. The summed E-state index contributed by atoms with van der Waals surface area (Å²) in [7, 11) is 0. The number of hydrogen-bond donors (Lipinski definition) is 2. The van der Waals surface area contributed by atoms with E-state index in [1.165, 1.54) is 51.4 Å². The second kappa shape index (κ2) is 5.82. The molecule has 3 N–H and O–H groups in total. The largest absolute Gasteiger partial charge is 0.353 e. The number of hydrogen-bond acceptors (Lipinski definition) is 2. The molecule has 1 amide bonds. The fraction of sp³-hybridized carbons (Fsp3) is 0.938. The molecule has 108 valence electrons. The van der Waals surface area contributed by atoms with Crippen LogP contribution >= 0.6 is 0 Å². The standard InChI is InChI=1S/C16H28N2O/c17-10-12-3-1-11(2-4-12)9-16(19)18-15-8-13-5-6-14(15)7-13/h11-15H,1-10,17H2,(H,18,19). The van der Waals surface area contributed by atoms with Crippen LogP contribution in [0.2, 0.25) is 0 Å². The third-order valence-electron chi connectivity index (χ3n) is 5.86. The second-order valence-electron chi connectivity index (χ2n) is 7.18. The zero-order valence-corrected chi connectivity index (χ0v) is 11.9. The second-order valence-corrected chi connectivity index (χ2v) is 7.18. The summed E-state index contributed by atoms with van der Waals surface area (Å²) in [4.78, 5) is 12.2. The number of nitrogens with one attached hydrogen (secondary N) is 1. The van der Waals surface area contributed by atoms with Gasteiger partial charge in [-0.2, -0.15) is 0 Å². The van der Waals surface area contributed by atoms with E-state index in [1.54, 1.807) is 0 Å². The third kappa shape index (κ3) is 3.13. The minimum absolute atomic E-state index is 0.314. The first-order chi connectivity index (χ1) is 9.24. The van der Waals surface area contributed by atoms with E-state index >= 15 is 0 Å². The van der Waals surface area contributed by atoms with E-state index in [-0.39, 0.29) is 0 Å². The lowest BCUT2D eigenvalue weighted by molar-refractivity contribution is -0.123. The van der Waals surface area contributed by atoms with Crippen molar-refractivity contribution in [2.75, 3.05) is 6.54 Å². The van der Waals surface area contributed by atoms with Crippen LogP contribution in [0.4, 0.5) is 0 Å². The maximum atomic E-state index is 12.2. The molecule has 0 radical (unpaired) electrons. The number of carbonyl (C=O) groups is 1. The van der Waals surface area contributed by atoms with Gasteiger partial charge in [-0.05, 0) is 75.2 Å². The van der Waals surface area contributed by atoms with Gasteiger partial charge in [0.2, 0.25) is 5.91 Å². The molecule has 3 atom stereocenters. The average Bonchev–Trinajstić information content (AvgIpc) is 3.02. The zero-order chi connectivity index (χ0) is 13.2. The quantitative estimate of drug-likeness (QED) is 0.819. The summed E-state index contributed by atoms with van der Waals surface area (Å²) in [5, 5.41) is 3.32. The van der Waals surface area contributed by atoms with Crippen LogP contribution in [-0.2, 0) is 4.79 Å². The van der Waals surface area contributed by atoms with Gasteiger partial charge in [0, 0.05) is 12.5 Å². The first-order valence-corrected chi connectivity index (χ1v) is 8.24. The summed E-state index contributed by atoms with van der Waals surface area (Å²) in [6.07, 6.45) is 11.0. The van der Waals surface area contributed by atoms with Gasteiger partial charge in [0.05, 0.1) is 0 Å². The number of nitrogens with two attached hydrogens (primary N) is 1. The smallest absolute Gasteiger partial charge is 0.220 e. The van der Waals surface area contributed by atoms with Crippen LogP contribution in [-0.4, -0.2) is 18.5 Å². The summed E-state index contributed by atoms with van der Waals surface area (Å²) < 4.78 is 0. The van der Waals surface area contributed by atoms with Gasteiger partial charge in [-0.15, -0.1) is 0 Å². The molecule has 3 aliphatic rings. The SMILES string of the molecule is NCC1CCC(CC(=O)NC2CC3CCC2C3)CC1. The van der Waals surface area contributed by atoms with Crippen molar-refractivity contribution in [2.45, 2.75) is 63.8 Å². The van der Waals surface area contributed by atoms with Crippen LogP contribution in [0, 0.1) is 23.7 Å². The molecule has 0 aromatic carbocycles. The number of rotatable bonds is 4. The Kier molecular flexibility index (Phi) is 4.11. The molecular weight excluding hydrogens is 236 g/mol. The number of amides is 1. The highest BCUT2D eigenvalue weighted by Crippen LogP contribution is 2.44. The number of carbonyl (C=O) groups excluding carboxylic acids is 1. The lowest BCUT2D eigenvalue weighted by Crippen LogP contribution is -2.39. The average molecular weight is 264 g/mol. The number of fused-ring (bicyclic) bond motifs is 2. The Morgan fingerprint density at radius 1 is 1.00 bits per heavy atom. The van der Waals surface area contributed by atoms with Crippen LogP contribution in [0.25, 0.3) is 0 Å². The van der Waals surface area contributed by atoms with Crippen LogP contribution in [0.5, 0.6) is 0 Å². The molecule has 0 heterocycles. The van der Waals surface area contributed by atoms with Gasteiger partial charge in [-0.1, -0.05) is 6.42 Å². The van der Waals surface area contributed by atoms with Crippen LogP contribution in [0.1, 0.15) is 57.8 Å². The molecule has 3 unspecified atom stereocenters. The van der Waals surface area contributed by atoms with Crippen LogP contribution in [0.3, 0.4) is 0 Å². The Balaban J connectivity index is 1.40. The van der Waals surface area contributed by atoms with Crippen molar-refractivity contribution in [3.63, 3.8) is 0 Å². The summed E-state index contributed by atoms with van der Waals surface area (Å²) in [6, 6.07) is 0.506. The normalized spacial score (nSPS) is 41.4. The van der Waals surface area contributed by atoms with E-state index in [2.05, 4.69) is 5.32 Å². The molecule has 0 aliphatic heterocycles. The van der Waals surface area contributed by atoms with Gasteiger partial charge in [-0.25, -0.2) is 0 Å². The molecule has 0 aromatic rings. The molecular formula is C16H28N2O. The van der Waals surface area contributed by atoms with Crippen molar-refractivity contribution >= 4 is 5.91 Å². The fourth-order valence-electron chi connectivity index (χ4n) is 4.62. The van der Waals surface area contributed by atoms with E-state index in [1.807, 2.05) is 0 Å². The first kappa shape index (κ1) is 13.4. The third-order valence-corrected chi connectivity index (χ3v) is 5.86. The molecule has 0 aromatic heterocycles. The highest BCUT2D eigenvalue weighted by molar-refractivity contribution is 5.76. The Morgan fingerprint density at radius 3 is 2.32 bits per heavy atom. The van der Waals surface area contributed by atoms with E-state index in [9.17, 15) is 4.79 Å². The molecule has 0 spiro atoms. The van der Waals surface area contributed by atoms with Gasteiger partial charge < -0.3 is 11.1 Å². The summed E-state index contributed by atoms with van der Waals surface area (Å²) in [5.41, 5.74) is 5.71. The van der Waals surface area contributed by atoms with Gasteiger partial charge in [-0.3, -0.25) is 4.79 Å². The van der Waals surface area contributed by atoms with Crippen molar-refractivity contribution in [3.05, 3.63) is 0 Å². The van der Waals surface area contributed by atoms with E-state index in [0.29, 0.717) is 23.8 Å². The van der Waals surface area contributed by atoms with E-state index in [0.717, 1.165) is 24.8 Å². The van der Waals surface area contributed by atoms with Crippen LogP contribution in [0.15, 0.2) is 0 Å². The maximum Gasteiger partial charge on any atom is 0.220 e. The van der Waals surface area contributed by atoms with Gasteiger partial charge >= 0.3 is 0 Å². The Hall–Kier alpha value is -0.570. The molecule has 0 saturated heterocycles. The lowest BCUT2D eigenvalue weighted by Gasteiger charge is -2.28. The minimum Gasteiger partial charge on any atom is -0.353 e. The Bertz CT molecular complexity index is 323. The van der Waals surface area contributed by atoms with Gasteiger partial charge in [0.25, 0.3) is 0 Å². The minimum atomic E-state index is 0.314. The maximum absolute atomic E-state index is 12.2. The Morgan fingerprint density at radius 2 is 1.74 bits per heavy atom.